The van der Waals surface area contributed by atoms with E-state index in [1.54, 1.807) is 6.33 Å². The maximum atomic E-state index is 12.8. The number of carbonyl (C=O) groups excluding carboxylic acids is 2. The third-order valence-corrected chi connectivity index (χ3v) is 7.39. The van der Waals surface area contributed by atoms with E-state index in [-0.39, 0.29) is 29.6 Å². The summed E-state index contributed by atoms with van der Waals surface area (Å²) in [6, 6.07) is 7.68. The van der Waals surface area contributed by atoms with Crippen LogP contribution in [-0.4, -0.2) is 39.2 Å². The van der Waals surface area contributed by atoms with Gasteiger partial charge in [-0.3, -0.25) is 19.0 Å². The number of aromatic nitrogens is 2. The molecule has 2 aromatic heterocycles. The monoisotopic (exact) mass is 437 g/mol. The standard InChI is InChI=1S/C24H27N3O3S/c1-15-4-6-18(7-5-15)22(29)19-8-11-26(12-9-19)20(28)10-13-27-14-25-23-21(24(27)30)16(2)17(3)31-23/h4-7,14,19H,8-13H2,1-3H3. The summed E-state index contributed by atoms with van der Waals surface area (Å²) in [4.78, 5) is 46.3. The largest absolute Gasteiger partial charge is 0.343 e. The molecule has 1 aromatic carbocycles. The molecule has 1 aliphatic heterocycles. The van der Waals surface area contributed by atoms with Crippen molar-refractivity contribution in [3.05, 3.63) is 62.5 Å². The number of Topliss-reactive ketones (excluding diaryl/α,β-unsaturated/α-hetero) is 1. The van der Waals surface area contributed by atoms with E-state index >= 15 is 0 Å². The second-order valence-corrected chi connectivity index (χ2v) is 9.55. The molecule has 1 fully saturated rings. The molecule has 0 atom stereocenters. The molecule has 6 nitrogen and oxygen atoms in total. The van der Waals surface area contributed by atoms with Crippen LogP contribution in [0.25, 0.3) is 10.2 Å². The fourth-order valence-electron chi connectivity index (χ4n) is 4.15. The Morgan fingerprint density at radius 2 is 1.77 bits per heavy atom. The lowest BCUT2D eigenvalue weighted by Crippen LogP contribution is -2.40. The Morgan fingerprint density at radius 3 is 2.45 bits per heavy atom. The van der Waals surface area contributed by atoms with Crippen LogP contribution < -0.4 is 5.56 Å². The first-order valence-corrected chi connectivity index (χ1v) is 11.5. The number of ketones is 1. The Kier molecular flexibility index (Phi) is 6.05. The summed E-state index contributed by atoms with van der Waals surface area (Å²) in [7, 11) is 0. The second-order valence-electron chi connectivity index (χ2n) is 8.34. The van der Waals surface area contributed by atoms with Gasteiger partial charge >= 0.3 is 0 Å². The topological polar surface area (TPSA) is 72.3 Å². The average Bonchev–Trinajstić information content (AvgIpc) is 3.07. The highest BCUT2D eigenvalue weighted by Crippen LogP contribution is 2.26. The molecule has 0 unspecified atom stereocenters. The van der Waals surface area contributed by atoms with Crippen molar-refractivity contribution in [3.63, 3.8) is 0 Å². The molecule has 31 heavy (non-hydrogen) atoms. The number of aryl methyl sites for hydroxylation is 4. The van der Waals surface area contributed by atoms with E-state index in [1.165, 1.54) is 15.9 Å². The first kappa shape index (κ1) is 21.4. The van der Waals surface area contributed by atoms with Gasteiger partial charge in [-0.25, -0.2) is 4.98 Å². The lowest BCUT2D eigenvalue weighted by molar-refractivity contribution is -0.132. The predicted octanol–water partition coefficient (Wildman–Crippen LogP) is 3.89. The fourth-order valence-corrected chi connectivity index (χ4v) is 5.14. The number of likely N-dealkylation sites (tertiary alicyclic amines) is 1. The molecule has 1 saturated heterocycles. The van der Waals surface area contributed by atoms with E-state index < -0.39 is 0 Å². The summed E-state index contributed by atoms with van der Waals surface area (Å²) in [6.07, 6.45) is 3.16. The van der Waals surface area contributed by atoms with Gasteiger partial charge in [-0.2, -0.15) is 0 Å². The highest BCUT2D eigenvalue weighted by molar-refractivity contribution is 7.18. The molecule has 0 radical (unpaired) electrons. The fraction of sp³-hybridized carbons (Fsp3) is 0.417. The minimum atomic E-state index is -0.0814. The molecule has 0 saturated carbocycles. The van der Waals surface area contributed by atoms with Gasteiger partial charge in [0.1, 0.15) is 4.83 Å². The van der Waals surface area contributed by atoms with Crippen LogP contribution in [-0.2, 0) is 11.3 Å². The van der Waals surface area contributed by atoms with E-state index in [0.717, 1.165) is 26.4 Å². The number of hydrogen-bond donors (Lipinski definition) is 0. The lowest BCUT2D eigenvalue weighted by Gasteiger charge is -2.31. The van der Waals surface area contributed by atoms with Gasteiger partial charge in [-0.05, 0) is 39.2 Å². The van der Waals surface area contributed by atoms with E-state index in [4.69, 9.17) is 0 Å². The SMILES string of the molecule is Cc1ccc(C(=O)C2CCN(C(=O)CCn3cnc4sc(C)c(C)c4c3=O)CC2)cc1. The van der Waals surface area contributed by atoms with Gasteiger partial charge in [0.15, 0.2) is 5.78 Å². The van der Waals surface area contributed by atoms with Gasteiger partial charge < -0.3 is 4.90 Å². The summed E-state index contributed by atoms with van der Waals surface area (Å²) in [6.45, 7) is 7.41. The molecule has 0 bridgehead atoms. The second kappa shape index (κ2) is 8.75. The van der Waals surface area contributed by atoms with E-state index in [9.17, 15) is 14.4 Å². The maximum Gasteiger partial charge on any atom is 0.262 e. The summed E-state index contributed by atoms with van der Waals surface area (Å²) < 4.78 is 1.53. The maximum absolute atomic E-state index is 12.8. The van der Waals surface area contributed by atoms with Gasteiger partial charge in [0, 0.05) is 42.4 Å². The number of fused-ring (bicyclic) bond motifs is 1. The number of benzene rings is 1. The molecule has 3 heterocycles. The van der Waals surface area contributed by atoms with E-state index in [2.05, 4.69) is 4.98 Å². The summed E-state index contributed by atoms with van der Waals surface area (Å²) in [5.74, 6) is 0.150. The van der Waals surface area contributed by atoms with Crippen LogP contribution in [0, 0.1) is 26.7 Å². The summed E-state index contributed by atoms with van der Waals surface area (Å²) >= 11 is 1.52. The zero-order valence-electron chi connectivity index (χ0n) is 18.2. The van der Waals surface area contributed by atoms with Crippen LogP contribution in [0.3, 0.4) is 0 Å². The van der Waals surface area contributed by atoms with Crippen LogP contribution in [0.5, 0.6) is 0 Å². The Bertz CT molecular complexity index is 1190. The van der Waals surface area contributed by atoms with Crippen molar-refractivity contribution in [1.82, 2.24) is 14.5 Å². The normalized spacial score (nSPS) is 14.9. The third kappa shape index (κ3) is 4.32. The van der Waals surface area contributed by atoms with Gasteiger partial charge in [0.25, 0.3) is 5.56 Å². The number of nitrogens with zero attached hydrogens (tertiary/aromatic N) is 3. The molecule has 3 aromatic rings. The van der Waals surface area contributed by atoms with E-state index in [0.29, 0.717) is 37.9 Å². The highest BCUT2D eigenvalue weighted by atomic mass is 32.1. The van der Waals surface area contributed by atoms with Crippen molar-refractivity contribution in [2.45, 2.75) is 46.6 Å². The number of rotatable bonds is 5. The van der Waals surface area contributed by atoms with Crippen LogP contribution in [0.2, 0.25) is 0 Å². The van der Waals surface area contributed by atoms with Crippen molar-refractivity contribution < 1.29 is 9.59 Å². The average molecular weight is 438 g/mol. The predicted molar refractivity (Wildman–Crippen MR) is 123 cm³/mol. The van der Waals surface area contributed by atoms with Crippen molar-refractivity contribution in [2.24, 2.45) is 5.92 Å². The minimum Gasteiger partial charge on any atom is -0.343 e. The quantitative estimate of drug-likeness (QED) is 0.568. The van der Waals surface area contributed by atoms with Crippen molar-refractivity contribution >= 4 is 33.2 Å². The summed E-state index contributed by atoms with van der Waals surface area (Å²) in [5.41, 5.74) is 2.77. The van der Waals surface area contributed by atoms with Crippen molar-refractivity contribution in [2.75, 3.05) is 13.1 Å². The Labute approximate surface area is 185 Å². The van der Waals surface area contributed by atoms with Crippen LogP contribution >= 0.6 is 11.3 Å². The number of hydrogen-bond acceptors (Lipinski definition) is 5. The first-order valence-electron chi connectivity index (χ1n) is 10.7. The molecule has 1 aliphatic rings. The molecule has 162 valence electrons. The molecule has 1 amide bonds. The molecule has 4 rings (SSSR count). The third-order valence-electron chi connectivity index (χ3n) is 6.28. The Morgan fingerprint density at radius 1 is 1.10 bits per heavy atom. The molecule has 7 heteroatoms. The number of carbonyl (C=O) groups is 2. The zero-order chi connectivity index (χ0) is 22.1. The molecular formula is C24H27N3O3S. The summed E-state index contributed by atoms with van der Waals surface area (Å²) in [5, 5.41) is 0.660. The smallest absolute Gasteiger partial charge is 0.262 e. The highest BCUT2D eigenvalue weighted by Gasteiger charge is 2.27. The Balaban J connectivity index is 1.34. The van der Waals surface area contributed by atoms with Gasteiger partial charge in [-0.1, -0.05) is 29.8 Å². The lowest BCUT2D eigenvalue weighted by atomic mass is 9.88. The Hall–Kier alpha value is -2.80. The number of piperidine rings is 1. The first-order chi connectivity index (χ1) is 14.8. The molecule has 0 aliphatic carbocycles. The molecule has 0 N–H and O–H groups in total. The van der Waals surface area contributed by atoms with Crippen molar-refractivity contribution in [1.29, 1.82) is 0 Å². The molecule has 0 spiro atoms. The van der Waals surface area contributed by atoms with Gasteiger partial charge in [-0.15, -0.1) is 11.3 Å². The van der Waals surface area contributed by atoms with Crippen LogP contribution in [0.4, 0.5) is 0 Å². The zero-order valence-corrected chi connectivity index (χ0v) is 19.0. The number of amides is 1. The van der Waals surface area contributed by atoms with Crippen LogP contribution in [0.1, 0.15) is 45.6 Å². The van der Waals surface area contributed by atoms with Gasteiger partial charge in [0.2, 0.25) is 5.91 Å². The number of thiophene rings is 1. The van der Waals surface area contributed by atoms with Gasteiger partial charge in [0.05, 0.1) is 11.7 Å². The van der Waals surface area contributed by atoms with Crippen LogP contribution in [0.15, 0.2) is 35.4 Å². The van der Waals surface area contributed by atoms with Crippen molar-refractivity contribution in [3.8, 4) is 0 Å². The molecular weight excluding hydrogens is 410 g/mol. The minimum absolute atomic E-state index is 0.0199. The van der Waals surface area contributed by atoms with E-state index in [1.807, 2.05) is 49.9 Å².